The van der Waals surface area contributed by atoms with E-state index in [9.17, 15) is 4.79 Å². The Kier molecular flexibility index (Phi) is 6.74. The molecule has 0 spiro atoms. The molecule has 1 aromatic rings. The van der Waals surface area contributed by atoms with Crippen LogP contribution < -0.4 is 11.1 Å². The molecule has 0 aliphatic rings. The van der Waals surface area contributed by atoms with E-state index >= 15 is 0 Å². The van der Waals surface area contributed by atoms with Gasteiger partial charge in [0.15, 0.2) is 0 Å². The smallest absolute Gasteiger partial charge is 0.241 e. The third kappa shape index (κ3) is 5.08. The average molecular weight is 309 g/mol. The Morgan fingerprint density at radius 1 is 1.33 bits per heavy atom. The Balaban J connectivity index is 2.72. The number of anilines is 1. The van der Waals surface area contributed by atoms with Gasteiger partial charge < -0.3 is 16.2 Å². The third-order valence-corrected chi connectivity index (χ3v) is 3.57. The molecule has 0 heterocycles. The van der Waals surface area contributed by atoms with Crippen LogP contribution in [-0.4, -0.2) is 46.1 Å². The van der Waals surface area contributed by atoms with Gasteiger partial charge in [-0.15, -0.1) is 0 Å². The highest BCUT2D eigenvalue weighted by Crippen LogP contribution is 2.12. The van der Waals surface area contributed by atoms with Gasteiger partial charge in [0.1, 0.15) is 4.99 Å². The fourth-order valence-electron chi connectivity index (χ4n) is 2.13. The number of carbonyl (C=O) groups excluding carboxylic acids is 1. The van der Waals surface area contributed by atoms with Crippen LogP contribution in [0.15, 0.2) is 24.3 Å². The molecule has 1 amide bonds. The topological polar surface area (TPSA) is 78.6 Å². The first-order chi connectivity index (χ1) is 9.86. The lowest BCUT2D eigenvalue weighted by Gasteiger charge is -2.31. The molecular formula is C15H23N3O2S. The minimum Gasteiger partial charge on any atom is -0.395 e. The molecule has 1 unspecified atom stereocenters. The molecule has 1 aromatic carbocycles. The highest BCUT2D eigenvalue weighted by Gasteiger charge is 2.23. The molecule has 0 aliphatic heterocycles. The van der Waals surface area contributed by atoms with Crippen LogP contribution in [0.2, 0.25) is 0 Å². The van der Waals surface area contributed by atoms with Gasteiger partial charge in [-0.1, -0.05) is 12.2 Å². The van der Waals surface area contributed by atoms with Crippen molar-refractivity contribution in [3.8, 4) is 0 Å². The van der Waals surface area contributed by atoms with Crippen LogP contribution in [0.3, 0.4) is 0 Å². The van der Waals surface area contributed by atoms with E-state index in [1.165, 1.54) is 0 Å². The molecule has 0 bridgehead atoms. The van der Waals surface area contributed by atoms with E-state index in [1.54, 1.807) is 24.3 Å². The zero-order chi connectivity index (χ0) is 16.0. The van der Waals surface area contributed by atoms with E-state index in [0.29, 0.717) is 17.2 Å². The van der Waals surface area contributed by atoms with Crippen LogP contribution in [0.1, 0.15) is 26.3 Å². The van der Waals surface area contributed by atoms with E-state index in [1.807, 2.05) is 25.7 Å². The number of hydrogen-bond donors (Lipinski definition) is 3. The van der Waals surface area contributed by atoms with E-state index in [4.69, 9.17) is 23.1 Å². The monoisotopic (exact) mass is 309 g/mol. The minimum absolute atomic E-state index is 0.0262. The fraction of sp³-hybridized carbons (Fsp3) is 0.467. The number of nitrogens with two attached hydrogens (primary N) is 1. The van der Waals surface area contributed by atoms with E-state index in [-0.39, 0.29) is 24.6 Å². The second kappa shape index (κ2) is 8.07. The third-order valence-electron chi connectivity index (χ3n) is 3.34. The van der Waals surface area contributed by atoms with Crippen molar-refractivity contribution in [1.82, 2.24) is 4.90 Å². The Morgan fingerprint density at radius 2 is 1.90 bits per heavy atom. The Morgan fingerprint density at radius 3 is 2.33 bits per heavy atom. The van der Waals surface area contributed by atoms with E-state index < -0.39 is 0 Å². The first kappa shape index (κ1) is 17.6. The largest absolute Gasteiger partial charge is 0.395 e. The number of carbonyl (C=O) groups is 1. The summed E-state index contributed by atoms with van der Waals surface area (Å²) in [4.78, 5) is 14.5. The predicted molar refractivity (Wildman–Crippen MR) is 89.3 cm³/mol. The van der Waals surface area contributed by atoms with Crippen LogP contribution in [0.5, 0.6) is 0 Å². The number of nitrogens with one attached hydrogen (secondary N) is 1. The SMILES string of the molecule is CC(C)N(CCO)C(C)C(=O)Nc1ccc(C(N)=S)cc1. The lowest BCUT2D eigenvalue weighted by molar-refractivity contribution is -0.121. The summed E-state index contributed by atoms with van der Waals surface area (Å²) < 4.78 is 0. The Hall–Kier alpha value is -1.50. The van der Waals surface area contributed by atoms with Gasteiger partial charge in [0.25, 0.3) is 0 Å². The van der Waals surface area contributed by atoms with Gasteiger partial charge >= 0.3 is 0 Å². The standard InChI is InChI=1S/C15H23N3O2S/c1-10(2)18(8-9-19)11(3)15(20)17-13-6-4-12(5-7-13)14(16)21/h4-7,10-11,19H,8-9H2,1-3H3,(H2,16,21)(H,17,20). The minimum atomic E-state index is -0.326. The van der Waals surface area contributed by atoms with Gasteiger partial charge in [0.2, 0.25) is 5.91 Å². The van der Waals surface area contributed by atoms with Crippen LogP contribution in [0.4, 0.5) is 5.69 Å². The quantitative estimate of drug-likeness (QED) is 0.663. The van der Waals surface area contributed by atoms with Crippen LogP contribution in [0.25, 0.3) is 0 Å². The molecule has 0 saturated heterocycles. The summed E-state index contributed by atoms with van der Waals surface area (Å²) in [7, 11) is 0. The number of hydrogen-bond acceptors (Lipinski definition) is 4. The summed E-state index contributed by atoms with van der Waals surface area (Å²) in [5.74, 6) is -0.111. The summed E-state index contributed by atoms with van der Waals surface area (Å²) in [6, 6.07) is 6.94. The molecule has 0 fully saturated rings. The van der Waals surface area contributed by atoms with Crippen molar-refractivity contribution in [2.45, 2.75) is 32.9 Å². The molecule has 4 N–H and O–H groups in total. The first-order valence-electron chi connectivity index (χ1n) is 6.94. The van der Waals surface area contributed by atoms with Crippen LogP contribution >= 0.6 is 12.2 Å². The molecule has 0 radical (unpaired) electrons. The molecule has 0 aromatic heterocycles. The van der Waals surface area contributed by atoms with Crippen molar-refractivity contribution in [3.05, 3.63) is 29.8 Å². The average Bonchev–Trinajstić information content (AvgIpc) is 2.44. The van der Waals surface area contributed by atoms with Crippen molar-refractivity contribution in [3.63, 3.8) is 0 Å². The summed E-state index contributed by atoms with van der Waals surface area (Å²) in [6.07, 6.45) is 0. The second-order valence-electron chi connectivity index (χ2n) is 5.16. The number of thiocarbonyl (C=S) groups is 1. The van der Waals surface area contributed by atoms with Crippen molar-refractivity contribution in [1.29, 1.82) is 0 Å². The molecule has 21 heavy (non-hydrogen) atoms. The molecule has 6 heteroatoms. The lowest BCUT2D eigenvalue weighted by atomic mass is 10.1. The molecule has 0 aliphatic carbocycles. The summed E-state index contributed by atoms with van der Waals surface area (Å²) in [5, 5.41) is 11.9. The molecule has 116 valence electrons. The maximum Gasteiger partial charge on any atom is 0.241 e. The number of benzene rings is 1. The summed E-state index contributed by atoms with van der Waals surface area (Å²) in [5.41, 5.74) is 6.99. The van der Waals surface area contributed by atoms with Crippen LogP contribution in [0, 0.1) is 0 Å². The van der Waals surface area contributed by atoms with E-state index in [0.717, 1.165) is 5.56 Å². The zero-order valence-electron chi connectivity index (χ0n) is 12.7. The maximum absolute atomic E-state index is 12.3. The van der Waals surface area contributed by atoms with Gasteiger partial charge in [0, 0.05) is 23.8 Å². The molecular weight excluding hydrogens is 286 g/mol. The summed E-state index contributed by atoms with van der Waals surface area (Å²) in [6.45, 7) is 6.31. The van der Waals surface area contributed by atoms with Crippen molar-refractivity contribution < 1.29 is 9.90 Å². The number of amides is 1. The zero-order valence-corrected chi connectivity index (χ0v) is 13.5. The Bertz CT molecular complexity index is 488. The first-order valence-corrected chi connectivity index (χ1v) is 7.35. The molecule has 5 nitrogen and oxygen atoms in total. The van der Waals surface area contributed by atoms with Gasteiger partial charge in [-0.3, -0.25) is 9.69 Å². The van der Waals surface area contributed by atoms with Gasteiger partial charge in [-0.25, -0.2) is 0 Å². The maximum atomic E-state index is 12.3. The normalized spacial score (nSPS) is 12.5. The fourth-order valence-corrected chi connectivity index (χ4v) is 2.27. The second-order valence-corrected chi connectivity index (χ2v) is 5.60. The highest BCUT2D eigenvalue weighted by atomic mass is 32.1. The predicted octanol–water partition coefficient (Wildman–Crippen LogP) is 1.35. The number of nitrogens with zero attached hydrogens (tertiary/aromatic N) is 1. The number of aliphatic hydroxyl groups excluding tert-OH is 1. The van der Waals surface area contributed by atoms with Gasteiger partial charge in [-0.2, -0.15) is 0 Å². The van der Waals surface area contributed by atoms with Gasteiger partial charge in [-0.05, 0) is 45.0 Å². The molecule has 1 atom stereocenters. The number of rotatable bonds is 7. The Labute approximate surface area is 131 Å². The van der Waals surface area contributed by atoms with Crippen molar-refractivity contribution in [2.24, 2.45) is 5.73 Å². The summed E-state index contributed by atoms with van der Waals surface area (Å²) >= 11 is 4.89. The van der Waals surface area contributed by atoms with Crippen molar-refractivity contribution >= 4 is 28.8 Å². The molecule has 0 saturated carbocycles. The van der Waals surface area contributed by atoms with Crippen LogP contribution in [-0.2, 0) is 4.79 Å². The van der Waals surface area contributed by atoms with Gasteiger partial charge in [0.05, 0.1) is 12.6 Å². The number of aliphatic hydroxyl groups is 1. The lowest BCUT2D eigenvalue weighted by Crippen LogP contribution is -2.47. The van der Waals surface area contributed by atoms with E-state index in [2.05, 4.69) is 5.32 Å². The van der Waals surface area contributed by atoms with Crippen molar-refractivity contribution in [2.75, 3.05) is 18.5 Å². The highest BCUT2D eigenvalue weighted by molar-refractivity contribution is 7.80. The molecule has 1 rings (SSSR count).